The number of benzene rings is 1. The molecule has 6 heteroatoms. The van der Waals surface area contributed by atoms with E-state index in [2.05, 4.69) is 21.7 Å². The number of carbonyl (C=O) groups is 1. The average molecular weight is 374 g/mol. The molecule has 0 amide bonds. The van der Waals surface area contributed by atoms with Crippen LogP contribution in [-0.4, -0.2) is 33.4 Å². The molecule has 0 saturated heterocycles. The first-order valence-electron chi connectivity index (χ1n) is 9.31. The van der Waals surface area contributed by atoms with Crippen LogP contribution >= 0.6 is 11.8 Å². The summed E-state index contributed by atoms with van der Waals surface area (Å²) in [6.07, 6.45) is 5.50. The Morgan fingerprint density at radius 2 is 1.96 bits per heavy atom. The van der Waals surface area contributed by atoms with Crippen LogP contribution in [0, 0.1) is 5.92 Å². The Labute approximate surface area is 159 Å². The fourth-order valence-corrected chi connectivity index (χ4v) is 4.61. The Balaban J connectivity index is 1.94. The summed E-state index contributed by atoms with van der Waals surface area (Å²) in [5, 5.41) is 9.92. The summed E-state index contributed by atoms with van der Waals surface area (Å²) in [4.78, 5) is 11.3. The maximum atomic E-state index is 11.3. The van der Waals surface area contributed by atoms with Gasteiger partial charge in [-0.15, -0.1) is 10.2 Å². The lowest BCUT2D eigenvalue weighted by Crippen LogP contribution is -2.22. The van der Waals surface area contributed by atoms with Crippen molar-refractivity contribution in [3.63, 3.8) is 0 Å². The molecule has 0 spiro atoms. The lowest BCUT2D eigenvalue weighted by molar-refractivity contribution is -0.116. The third-order valence-corrected chi connectivity index (χ3v) is 6.04. The van der Waals surface area contributed by atoms with Gasteiger partial charge in [0.2, 0.25) is 0 Å². The maximum Gasteiger partial charge on any atom is 0.191 e. The third kappa shape index (κ3) is 4.29. The zero-order chi connectivity index (χ0) is 18.5. The number of rotatable bonds is 7. The molecule has 2 atom stereocenters. The summed E-state index contributed by atoms with van der Waals surface area (Å²) in [7, 11) is 1.67. The highest BCUT2D eigenvalue weighted by molar-refractivity contribution is 7.99. The smallest absolute Gasteiger partial charge is 0.191 e. The molecule has 140 valence electrons. The standard InChI is InChI=1S/C20H27N3O2S/c1-14-6-4-5-7-18(14)23-19(16-8-10-17(25-3)11-9-16)21-22-20(23)26-13-12-15(2)24/h8-11,14,18H,4-7,12-13H2,1-3H3/t14-,18+/m1/s1. The second-order valence-electron chi connectivity index (χ2n) is 7.03. The molecule has 1 saturated carbocycles. The van der Waals surface area contributed by atoms with Crippen molar-refractivity contribution in [2.45, 2.75) is 57.1 Å². The SMILES string of the molecule is COc1ccc(-c2nnc(SCCC(C)=O)n2[C@H]2CCCC[C@H]2C)cc1. The summed E-state index contributed by atoms with van der Waals surface area (Å²) in [6, 6.07) is 8.41. The highest BCUT2D eigenvalue weighted by Crippen LogP contribution is 2.39. The van der Waals surface area contributed by atoms with Gasteiger partial charge in [-0.1, -0.05) is 31.5 Å². The Hall–Kier alpha value is -1.82. The number of aromatic nitrogens is 3. The monoisotopic (exact) mass is 373 g/mol. The molecule has 1 fully saturated rings. The molecule has 1 aromatic carbocycles. The number of hydrogen-bond acceptors (Lipinski definition) is 5. The van der Waals surface area contributed by atoms with Crippen LogP contribution in [0.5, 0.6) is 5.75 Å². The molecule has 1 heterocycles. The predicted molar refractivity (Wildman–Crippen MR) is 105 cm³/mol. The highest BCUT2D eigenvalue weighted by Gasteiger charge is 2.28. The van der Waals surface area contributed by atoms with E-state index < -0.39 is 0 Å². The van der Waals surface area contributed by atoms with Gasteiger partial charge < -0.3 is 4.74 Å². The van der Waals surface area contributed by atoms with Gasteiger partial charge in [-0.25, -0.2) is 0 Å². The van der Waals surface area contributed by atoms with Gasteiger partial charge in [-0.2, -0.15) is 0 Å². The molecule has 0 aliphatic heterocycles. The minimum Gasteiger partial charge on any atom is -0.497 e. The first-order valence-corrected chi connectivity index (χ1v) is 10.3. The quantitative estimate of drug-likeness (QED) is 0.654. The third-order valence-electron chi connectivity index (χ3n) is 5.10. The lowest BCUT2D eigenvalue weighted by Gasteiger charge is -2.31. The number of methoxy groups -OCH3 is 1. The van der Waals surface area contributed by atoms with Gasteiger partial charge in [0.1, 0.15) is 11.5 Å². The van der Waals surface area contributed by atoms with Gasteiger partial charge in [0.25, 0.3) is 0 Å². The topological polar surface area (TPSA) is 57.0 Å². The van der Waals surface area contributed by atoms with Crippen molar-refractivity contribution in [3.8, 4) is 17.1 Å². The lowest BCUT2D eigenvalue weighted by atomic mass is 9.85. The summed E-state index contributed by atoms with van der Waals surface area (Å²) >= 11 is 1.64. The minimum absolute atomic E-state index is 0.213. The van der Waals surface area contributed by atoms with Gasteiger partial charge in [-0.3, -0.25) is 9.36 Å². The molecule has 0 bridgehead atoms. The first kappa shape index (κ1) is 19.0. The minimum atomic E-state index is 0.213. The molecule has 0 unspecified atom stereocenters. The Kier molecular flexibility index (Phi) is 6.35. The van der Waals surface area contributed by atoms with E-state index in [0.717, 1.165) is 34.5 Å². The molecule has 1 aliphatic rings. The van der Waals surface area contributed by atoms with Crippen molar-refractivity contribution in [3.05, 3.63) is 24.3 Å². The van der Waals surface area contributed by atoms with Crippen LogP contribution in [0.15, 0.2) is 29.4 Å². The second-order valence-corrected chi connectivity index (χ2v) is 8.10. The number of hydrogen-bond donors (Lipinski definition) is 0. The van der Waals surface area contributed by atoms with Gasteiger partial charge >= 0.3 is 0 Å². The van der Waals surface area contributed by atoms with Gasteiger partial charge in [-0.05, 0) is 49.9 Å². The zero-order valence-corrected chi connectivity index (χ0v) is 16.6. The predicted octanol–water partition coefficient (Wildman–Crippen LogP) is 4.78. The van der Waals surface area contributed by atoms with Crippen LogP contribution in [0.25, 0.3) is 11.4 Å². The van der Waals surface area contributed by atoms with E-state index in [4.69, 9.17) is 4.74 Å². The van der Waals surface area contributed by atoms with Crippen molar-refractivity contribution in [1.29, 1.82) is 0 Å². The maximum absolute atomic E-state index is 11.3. The van der Waals surface area contributed by atoms with E-state index in [1.54, 1.807) is 25.8 Å². The van der Waals surface area contributed by atoms with Gasteiger partial charge in [0.15, 0.2) is 11.0 Å². The summed E-state index contributed by atoms with van der Waals surface area (Å²) in [5.74, 6) is 3.31. The Morgan fingerprint density at radius 3 is 2.62 bits per heavy atom. The van der Waals surface area contributed by atoms with Crippen molar-refractivity contribution < 1.29 is 9.53 Å². The molecule has 5 nitrogen and oxygen atoms in total. The van der Waals surface area contributed by atoms with E-state index in [9.17, 15) is 4.79 Å². The van der Waals surface area contributed by atoms with Crippen molar-refractivity contribution >= 4 is 17.5 Å². The van der Waals surface area contributed by atoms with E-state index in [1.165, 1.54) is 19.3 Å². The number of nitrogens with zero attached hydrogens (tertiary/aromatic N) is 3. The fraction of sp³-hybridized carbons (Fsp3) is 0.550. The van der Waals surface area contributed by atoms with Gasteiger partial charge in [0, 0.05) is 23.8 Å². The number of ether oxygens (including phenoxy) is 1. The molecule has 26 heavy (non-hydrogen) atoms. The molecule has 3 rings (SSSR count). The van der Waals surface area contributed by atoms with E-state index in [0.29, 0.717) is 18.4 Å². The van der Waals surface area contributed by atoms with Crippen molar-refractivity contribution in [2.24, 2.45) is 5.92 Å². The van der Waals surface area contributed by atoms with Crippen molar-refractivity contribution in [1.82, 2.24) is 14.8 Å². The van der Waals surface area contributed by atoms with Crippen LogP contribution in [0.4, 0.5) is 0 Å². The Bertz CT molecular complexity index is 742. The fourth-order valence-electron chi connectivity index (χ4n) is 3.58. The number of thioether (sulfide) groups is 1. The zero-order valence-electron chi connectivity index (χ0n) is 15.8. The molecule has 1 aromatic heterocycles. The van der Waals surface area contributed by atoms with Crippen LogP contribution in [0.2, 0.25) is 0 Å². The van der Waals surface area contributed by atoms with Crippen LogP contribution in [0.3, 0.4) is 0 Å². The summed E-state index contributed by atoms with van der Waals surface area (Å²) in [6.45, 7) is 3.96. The largest absolute Gasteiger partial charge is 0.497 e. The summed E-state index contributed by atoms with van der Waals surface area (Å²) in [5.41, 5.74) is 1.05. The molecular formula is C20H27N3O2S. The molecule has 0 N–H and O–H groups in total. The normalized spacial score (nSPS) is 20.1. The number of carbonyl (C=O) groups excluding carboxylic acids is 1. The molecular weight excluding hydrogens is 346 g/mol. The average Bonchev–Trinajstić information content (AvgIpc) is 3.05. The molecule has 2 aromatic rings. The van der Waals surface area contributed by atoms with E-state index in [1.807, 2.05) is 24.3 Å². The van der Waals surface area contributed by atoms with E-state index >= 15 is 0 Å². The Morgan fingerprint density at radius 1 is 1.23 bits per heavy atom. The van der Waals surface area contributed by atoms with Crippen LogP contribution < -0.4 is 4.74 Å². The van der Waals surface area contributed by atoms with Crippen molar-refractivity contribution in [2.75, 3.05) is 12.9 Å². The number of Topliss-reactive ketones (excluding diaryl/α,β-unsaturated/α-hetero) is 1. The van der Waals surface area contributed by atoms with Crippen LogP contribution in [-0.2, 0) is 4.79 Å². The second kappa shape index (κ2) is 8.71. The highest BCUT2D eigenvalue weighted by atomic mass is 32.2. The van der Waals surface area contributed by atoms with E-state index in [-0.39, 0.29) is 5.78 Å². The van der Waals surface area contributed by atoms with Gasteiger partial charge in [0.05, 0.1) is 7.11 Å². The first-order chi connectivity index (χ1) is 12.6. The molecule has 1 aliphatic carbocycles. The molecule has 0 radical (unpaired) electrons. The summed E-state index contributed by atoms with van der Waals surface area (Å²) < 4.78 is 7.59. The van der Waals surface area contributed by atoms with Crippen LogP contribution in [0.1, 0.15) is 52.0 Å². The number of ketones is 1.